The molecule has 0 aliphatic carbocycles. The van der Waals surface area contributed by atoms with Crippen molar-refractivity contribution >= 4 is 11.7 Å². The molecule has 0 radical (unpaired) electrons. The largest absolute Gasteiger partial charge is 0.356 e. The highest BCUT2D eigenvalue weighted by atomic mass is 16.2. The molecule has 1 atom stereocenters. The SMILES string of the molecule is CC(=O)c1c[nH]c(C(=O)N[C@@H](c2cccnc2)c2cc(C)cc(C)c2)c1. The first-order valence-corrected chi connectivity index (χ1v) is 8.42. The number of benzene rings is 1. The van der Waals surface area contributed by atoms with Crippen LogP contribution in [0.1, 0.15) is 56.1 Å². The predicted octanol–water partition coefficient (Wildman–Crippen LogP) is 3.75. The molecule has 2 aromatic heterocycles. The number of nitrogens with zero attached hydrogens (tertiary/aromatic N) is 1. The van der Waals surface area contributed by atoms with E-state index in [2.05, 4.69) is 33.5 Å². The summed E-state index contributed by atoms with van der Waals surface area (Å²) in [6.45, 7) is 5.53. The van der Waals surface area contributed by atoms with Gasteiger partial charge < -0.3 is 10.3 Å². The molecule has 3 aromatic rings. The molecule has 5 heteroatoms. The van der Waals surface area contributed by atoms with Gasteiger partial charge in [0, 0.05) is 24.2 Å². The number of nitrogens with one attached hydrogen (secondary N) is 2. The van der Waals surface area contributed by atoms with E-state index in [1.807, 2.05) is 26.0 Å². The highest BCUT2D eigenvalue weighted by Gasteiger charge is 2.20. The molecular weight excluding hydrogens is 326 g/mol. The molecule has 0 spiro atoms. The van der Waals surface area contributed by atoms with E-state index in [1.165, 1.54) is 6.92 Å². The number of aryl methyl sites for hydroxylation is 2. The number of rotatable bonds is 5. The summed E-state index contributed by atoms with van der Waals surface area (Å²) in [7, 11) is 0. The van der Waals surface area contributed by atoms with E-state index in [-0.39, 0.29) is 17.7 Å². The maximum Gasteiger partial charge on any atom is 0.268 e. The molecule has 1 amide bonds. The minimum Gasteiger partial charge on any atom is -0.356 e. The highest BCUT2D eigenvalue weighted by molar-refractivity contribution is 5.99. The van der Waals surface area contributed by atoms with Crippen LogP contribution >= 0.6 is 0 Å². The standard InChI is InChI=1S/C21H21N3O2/c1-13-7-14(2)9-17(8-13)20(16-5-4-6-22-11-16)24-21(26)19-10-18(12-23-19)15(3)25/h4-12,20,23H,1-3H3,(H,24,26)/t20-/m0/s1. The molecule has 3 rings (SSSR count). The number of pyridine rings is 1. The second-order valence-corrected chi connectivity index (χ2v) is 6.47. The minimum absolute atomic E-state index is 0.0848. The third kappa shape index (κ3) is 3.88. The van der Waals surface area contributed by atoms with Crippen molar-refractivity contribution in [2.75, 3.05) is 0 Å². The number of hydrogen-bond donors (Lipinski definition) is 2. The Morgan fingerprint density at radius 1 is 1.08 bits per heavy atom. The van der Waals surface area contributed by atoms with Gasteiger partial charge in [0.1, 0.15) is 5.69 Å². The van der Waals surface area contributed by atoms with Crippen LogP contribution in [-0.4, -0.2) is 21.7 Å². The smallest absolute Gasteiger partial charge is 0.268 e. The Morgan fingerprint density at radius 3 is 2.38 bits per heavy atom. The summed E-state index contributed by atoms with van der Waals surface area (Å²) in [5.74, 6) is -0.357. The van der Waals surface area contributed by atoms with Gasteiger partial charge >= 0.3 is 0 Å². The summed E-state index contributed by atoms with van der Waals surface area (Å²) < 4.78 is 0. The number of carbonyl (C=O) groups excluding carboxylic acids is 2. The van der Waals surface area contributed by atoms with Gasteiger partial charge in [-0.15, -0.1) is 0 Å². The second-order valence-electron chi connectivity index (χ2n) is 6.47. The van der Waals surface area contributed by atoms with Crippen LogP contribution < -0.4 is 5.32 Å². The van der Waals surface area contributed by atoms with E-state index in [9.17, 15) is 9.59 Å². The lowest BCUT2D eigenvalue weighted by atomic mass is 9.96. The first kappa shape index (κ1) is 17.6. The van der Waals surface area contributed by atoms with E-state index < -0.39 is 0 Å². The Hall–Kier alpha value is -3.21. The summed E-state index contributed by atoms with van der Waals surface area (Å²) in [5.41, 5.74) is 4.98. The van der Waals surface area contributed by atoms with Gasteiger partial charge in [-0.2, -0.15) is 0 Å². The molecular formula is C21H21N3O2. The fraction of sp³-hybridized carbons (Fsp3) is 0.190. The first-order chi connectivity index (χ1) is 12.4. The average Bonchev–Trinajstić information content (AvgIpc) is 3.10. The summed E-state index contributed by atoms with van der Waals surface area (Å²) in [5, 5.41) is 3.05. The highest BCUT2D eigenvalue weighted by Crippen LogP contribution is 2.24. The molecule has 5 nitrogen and oxygen atoms in total. The average molecular weight is 347 g/mol. The van der Waals surface area contributed by atoms with Gasteiger partial charge in [0.05, 0.1) is 6.04 Å². The van der Waals surface area contributed by atoms with E-state index in [0.29, 0.717) is 11.3 Å². The van der Waals surface area contributed by atoms with Crippen molar-refractivity contribution in [2.24, 2.45) is 0 Å². The van der Waals surface area contributed by atoms with E-state index >= 15 is 0 Å². The van der Waals surface area contributed by atoms with Crippen LogP contribution in [0.5, 0.6) is 0 Å². The minimum atomic E-state index is -0.334. The molecule has 0 bridgehead atoms. The summed E-state index contributed by atoms with van der Waals surface area (Å²) in [6.07, 6.45) is 5.00. The second kappa shape index (κ2) is 7.35. The number of amides is 1. The Kier molecular flexibility index (Phi) is 4.98. The fourth-order valence-corrected chi connectivity index (χ4v) is 3.02. The van der Waals surface area contributed by atoms with E-state index in [4.69, 9.17) is 0 Å². The number of carbonyl (C=O) groups is 2. The molecule has 0 aliphatic rings. The van der Waals surface area contributed by atoms with Crippen LogP contribution in [0.3, 0.4) is 0 Å². The zero-order valence-corrected chi connectivity index (χ0v) is 15.0. The first-order valence-electron chi connectivity index (χ1n) is 8.42. The van der Waals surface area contributed by atoms with Crippen LogP contribution in [0.4, 0.5) is 0 Å². The Balaban J connectivity index is 1.95. The van der Waals surface area contributed by atoms with Crippen molar-refractivity contribution in [1.29, 1.82) is 0 Å². The normalized spacial score (nSPS) is 11.8. The Bertz CT molecular complexity index is 925. The molecule has 132 valence electrons. The Labute approximate surface area is 152 Å². The van der Waals surface area contributed by atoms with Crippen molar-refractivity contribution in [3.05, 3.63) is 88.5 Å². The molecule has 0 fully saturated rings. The van der Waals surface area contributed by atoms with Crippen molar-refractivity contribution < 1.29 is 9.59 Å². The topological polar surface area (TPSA) is 74.8 Å². The number of H-pyrrole nitrogens is 1. The van der Waals surface area contributed by atoms with Crippen molar-refractivity contribution in [2.45, 2.75) is 26.8 Å². The molecule has 0 unspecified atom stereocenters. The molecule has 0 aliphatic heterocycles. The fourth-order valence-electron chi connectivity index (χ4n) is 3.02. The zero-order chi connectivity index (χ0) is 18.7. The number of hydrogen-bond acceptors (Lipinski definition) is 3. The van der Waals surface area contributed by atoms with Gasteiger partial charge in [-0.1, -0.05) is 35.4 Å². The van der Waals surface area contributed by atoms with Gasteiger partial charge in [-0.05, 0) is 44.0 Å². The third-order valence-corrected chi connectivity index (χ3v) is 4.20. The Morgan fingerprint density at radius 2 is 1.81 bits per heavy atom. The lowest BCUT2D eigenvalue weighted by Crippen LogP contribution is -2.29. The molecule has 0 saturated heterocycles. The van der Waals surface area contributed by atoms with Crippen LogP contribution in [0.25, 0.3) is 0 Å². The van der Waals surface area contributed by atoms with Gasteiger partial charge in [0.2, 0.25) is 0 Å². The maximum absolute atomic E-state index is 12.7. The van der Waals surface area contributed by atoms with Crippen LogP contribution in [0.15, 0.2) is 55.0 Å². The lowest BCUT2D eigenvalue weighted by molar-refractivity contribution is 0.0938. The zero-order valence-electron chi connectivity index (χ0n) is 15.0. The van der Waals surface area contributed by atoms with Crippen LogP contribution in [0, 0.1) is 13.8 Å². The van der Waals surface area contributed by atoms with E-state index in [0.717, 1.165) is 22.3 Å². The maximum atomic E-state index is 12.7. The molecule has 1 aromatic carbocycles. The molecule has 2 N–H and O–H groups in total. The lowest BCUT2D eigenvalue weighted by Gasteiger charge is -2.20. The third-order valence-electron chi connectivity index (χ3n) is 4.20. The summed E-state index contributed by atoms with van der Waals surface area (Å²) in [4.78, 5) is 31.2. The number of Topliss-reactive ketones (excluding diaryl/α,β-unsaturated/α-hetero) is 1. The summed E-state index contributed by atoms with van der Waals surface area (Å²) >= 11 is 0. The van der Waals surface area contributed by atoms with Crippen molar-refractivity contribution in [1.82, 2.24) is 15.3 Å². The van der Waals surface area contributed by atoms with Gasteiger partial charge in [-0.25, -0.2) is 0 Å². The predicted molar refractivity (Wildman–Crippen MR) is 100 cm³/mol. The van der Waals surface area contributed by atoms with Crippen molar-refractivity contribution in [3.63, 3.8) is 0 Å². The molecule has 0 saturated carbocycles. The summed E-state index contributed by atoms with van der Waals surface area (Å²) in [6, 6.07) is 11.2. The van der Waals surface area contributed by atoms with Crippen molar-refractivity contribution in [3.8, 4) is 0 Å². The van der Waals surface area contributed by atoms with Crippen LogP contribution in [0.2, 0.25) is 0 Å². The van der Waals surface area contributed by atoms with Gasteiger partial charge in [0.25, 0.3) is 5.91 Å². The van der Waals surface area contributed by atoms with Crippen LogP contribution in [-0.2, 0) is 0 Å². The number of ketones is 1. The molecule has 26 heavy (non-hydrogen) atoms. The number of aromatic nitrogens is 2. The quantitative estimate of drug-likeness (QED) is 0.690. The number of aromatic amines is 1. The monoisotopic (exact) mass is 347 g/mol. The van der Waals surface area contributed by atoms with E-state index in [1.54, 1.807) is 24.7 Å². The van der Waals surface area contributed by atoms with Gasteiger partial charge in [0.15, 0.2) is 5.78 Å². The van der Waals surface area contributed by atoms with Gasteiger partial charge in [-0.3, -0.25) is 14.6 Å². The molecule has 2 heterocycles.